The molecule has 3 rings (SSSR count). The molecule has 1 aromatic rings. The molecule has 0 radical (unpaired) electrons. The number of hydrogen-bond acceptors (Lipinski definition) is 3. The predicted octanol–water partition coefficient (Wildman–Crippen LogP) is 2.48. The fraction of sp³-hybridized carbons (Fsp3) is 0.636. The Balaban J connectivity index is 1.40. The second-order valence-electron chi connectivity index (χ2n) is 7.96. The quantitative estimate of drug-likeness (QED) is 0.429. The molecule has 6 nitrogen and oxygen atoms in total. The summed E-state index contributed by atoms with van der Waals surface area (Å²) in [6.07, 6.45) is 4.49. The van der Waals surface area contributed by atoms with Crippen LogP contribution in [0.1, 0.15) is 50.7 Å². The van der Waals surface area contributed by atoms with E-state index in [0.717, 1.165) is 64.4 Å². The molecule has 1 saturated heterocycles. The Morgan fingerprint density at radius 2 is 2.11 bits per heavy atom. The fourth-order valence-corrected chi connectivity index (χ4v) is 3.86. The molecular formula is C22H34N4O2. The molecule has 0 saturated carbocycles. The summed E-state index contributed by atoms with van der Waals surface area (Å²) in [5.74, 6) is 1.05. The van der Waals surface area contributed by atoms with Gasteiger partial charge in [-0.25, -0.2) is 0 Å². The Bertz CT molecular complexity index is 683. The van der Waals surface area contributed by atoms with Crippen LogP contribution in [0.5, 0.6) is 0 Å². The molecule has 2 heterocycles. The van der Waals surface area contributed by atoms with Crippen LogP contribution in [-0.4, -0.2) is 55.2 Å². The third-order valence-corrected chi connectivity index (χ3v) is 5.56. The number of nitrogens with one attached hydrogen (secondary N) is 2. The summed E-state index contributed by atoms with van der Waals surface area (Å²) < 4.78 is 5.81. The maximum absolute atomic E-state index is 12.6. The van der Waals surface area contributed by atoms with E-state index in [-0.39, 0.29) is 11.5 Å². The molecule has 154 valence electrons. The smallest absolute Gasteiger partial charge is 0.222 e. The number of fused-ring (bicyclic) bond motifs is 1. The van der Waals surface area contributed by atoms with Crippen molar-refractivity contribution in [2.24, 2.45) is 4.99 Å². The molecule has 1 amide bonds. The van der Waals surface area contributed by atoms with Crippen molar-refractivity contribution in [2.45, 2.75) is 58.1 Å². The monoisotopic (exact) mass is 386 g/mol. The first-order valence-electron chi connectivity index (χ1n) is 10.6. The van der Waals surface area contributed by atoms with Crippen molar-refractivity contribution >= 4 is 11.9 Å². The van der Waals surface area contributed by atoms with Gasteiger partial charge in [0.2, 0.25) is 5.91 Å². The van der Waals surface area contributed by atoms with Gasteiger partial charge >= 0.3 is 0 Å². The third kappa shape index (κ3) is 5.71. The number of rotatable bonds is 7. The van der Waals surface area contributed by atoms with Gasteiger partial charge in [-0.3, -0.25) is 9.79 Å². The molecule has 2 aliphatic rings. The molecule has 0 bridgehead atoms. The topological polar surface area (TPSA) is 66.0 Å². The van der Waals surface area contributed by atoms with Crippen LogP contribution in [0.3, 0.4) is 0 Å². The number of nitrogens with zero attached hydrogens (tertiary/aromatic N) is 2. The van der Waals surface area contributed by atoms with E-state index in [1.807, 2.05) is 4.90 Å². The Hall–Kier alpha value is -2.08. The summed E-state index contributed by atoms with van der Waals surface area (Å²) in [6.45, 7) is 8.80. The molecule has 1 fully saturated rings. The lowest BCUT2D eigenvalue weighted by molar-refractivity contribution is -0.132. The summed E-state index contributed by atoms with van der Waals surface area (Å²) in [5, 5.41) is 6.62. The van der Waals surface area contributed by atoms with E-state index in [0.29, 0.717) is 13.0 Å². The highest BCUT2D eigenvalue weighted by molar-refractivity contribution is 5.80. The Labute approximate surface area is 168 Å². The maximum Gasteiger partial charge on any atom is 0.222 e. The lowest BCUT2D eigenvalue weighted by atomic mass is 9.99. The van der Waals surface area contributed by atoms with Crippen molar-refractivity contribution < 1.29 is 9.53 Å². The van der Waals surface area contributed by atoms with Gasteiger partial charge in [0, 0.05) is 39.2 Å². The van der Waals surface area contributed by atoms with Gasteiger partial charge in [-0.1, -0.05) is 24.3 Å². The van der Waals surface area contributed by atoms with Crippen molar-refractivity contribution in [1.82, 2.24) is 15.5 Å². The summed E-state index contributed by atoms with van der Waals surface area (Å²) in [6, 6.07) is 8.42. The largest absolute Gasteiger partial charge is 0.373 e. The van der Waals surface area contributed by atoms with Gasteiger partial charge < -0.3 is 20.3 Å². The minimum absolute atomic E-state index is 0.136. The molecule has 0 aromatic heterocycles. The molecule has 2 N–H and O–H groups in total. The number of aliphatic imine (C=N–C) groups is 1. The van der Waals surface area contributed by atoms with Crippen LogP contribution in [0, 0.1) is 0 Å². The molecular weight excluding hydrogens is 352 g/mol. The first kappa shape index (κ1) is 20.6. The van der Waals surface area contributed by atoms with Crippen LogP contribution in [0.15, 0.2) is 29.3 Å². The zero-order valence-electron chi connectivity index (χ0n) is 17.3. The van der Waals surface area contributed by atoms with E-state index in [1.54, 1.807) is 0 Å². The normalized spacial score (nSPS) is 22.1. The predicted molar refractivity (Wildman–Crippen MR) is 112 cm³/mol. The van der Waals surface area contributed by atoms with Gasteiger partial charge in [-0.05, 0) is 50.7 Å². The highest BCUT2D eigenvalue weighted by Crippen LogP contribution is 2.25. The third-order valence-electron chi connectivity index (χ3n) is 5.56. The lowest BCUT2D eigenvalue weighted by Gasteiger charge is -2.29. The minimum atomic E-state index is -0.136. The van der Waals surface area contributed by atoms with Gasteiger partial charge in [0.1, 0.15) is 0 Å². The SMILES string of the molecule is CCNC(=NCC1(C)CCCO1)NCCCC(=O)N1CCc2ccccc2C1. The average molecular weight is 387 g/mol. The Morgan fingerprint density at radius 1 is 1.29 bits per heavy atom. The summed E-state index contributed by atoms with van der Waals surface area (Å²) in [5.41, 5.74) is 2.52. The van der Waals surface area contributed by atoms with E-state index in [2.05, 4.69) is 53.7 Å². The molecule has 1 atom stereocenters. The van der Waals surface area contributed by atoms with Crippen LogP contribution < -0.4 is 10.6 Å². The highest BCUT2D eigenvalue weighted by atomic mass is 16.5. The molecule has 2 aliphatic heterocycles. The van der Waals surface area contributed by atoms with E-state index >= 15 is 0 Å². The van der Waals surface area contributed by atoms with Gasteiger partial charge in [-0.15, -0.1) is 0 Å². The fourth-order valence-electron chi connectivity index (χ4n) is 3.86. The van der Waals surface area contributed by atoms with Crippen molar-refractivity contribution in [2.75, 3.05) is 32.8 Å². The molecule has 1 unspecified atom stereocenters. The van der Waals surface area contributed by atoms with Crippen LogP contribution in [-0.2, 0) is 22.5 Å². The molecule has 1 aromatic carbocycles. The number of ether oxygens (including phenoxy) is 1. The average Bonchev–Trinajstić information content (AvgIpc) is 3.15. The number of carbonyl (C=O) groups excluding carboxylic acids is 1. The second-order valence-corrected chi connectivity index (χ2v) is 7.96. The van der Waals surface area contributed by atoms with Gasteiger partial charge in [0.05, 0.1) is 12.1 Å². The van der Waals surface area contributed by atoms with Gasteiger partial charge in [0.25, 0.3) is 0 Å². The second kappa shape index (κ2) is 9.92. The zero-order chi connectivity index (χ0) is 19.8. The number of guanidine groups is 1. The number of hydrogen-bond donors (Lipinski definition) is 2. The van der Waals surface area contributed by atoms with E-state index in [9.17, 15) is 4.79 Å². The van der Waals surface area contributed by atoms with Crippen LogP contribution in [0.4, 0.5) is 0 Å². The van der Waals surface area contributed by atoms with Crippen molar-refractivity contribution in [3.8, 4) is 0 Å². The van der Waals surface area contributed by atoms with Gasteiger partial charge in [-0.2, -0.15) is 0 Å². The van der Waals surface area contributed by atoms with Crippen LogP contribution >= 0.6 is 0 Å². The molecule has 0 aliphatic carbocycles. The van der Waals surface area contributed by atoms with Crippen molar-refractivity contribution in [1.29, 1.82) is 0 Å². The Morgan fingerprint density at radius 3 is 2.86 bits per heavy atom. The number of carbonyl (C=O) groups is 1. The van der Waals surface area contributed by atoms with E-state index in [1.165, 1.54) is 11.1 Å². The lowest BCUT2D eigenvalue weighted by Crippen LogP contribution is -2.40. The van der Waals surface area contributed by atoms with Crippen LogP contribution in [0.25, 0.3) is 0 Å². The van der Waals surface area contributed by atoms with Gasteiger partial charge in [0.15, 0.2) is 5.96 Å². The first-order chi connectivity index (χ1) is 13.6. The summed E-state index contributed by atoms with van der Waals surface area (Å²) in [7, 11) is 0. The number of amides is 1. The summed E-state index contributed by atoms with van der Waals surface area (Å²) >= 11 is 0. The first-order valence-corrected chi connectivity index (χ1v) is 10.6. The zero-order valence-corrected chi connectivity index (χ0v) is 17.3. The molecule has 28 heavy (non-hydrogen) atoms. The van der Waals surface area contributed by atoms with Crippen molar-refractivity contribution in [3.05, 3.63) is 35.4 Å². The van der Waals surface area contributed by atoms with E-state index in [4.69, 9.17) is 4.74 Å². The van der Waals surface area contributed by atoms with Crippen LogP contribution in [0.2, 0.25) is 0 Å². The maximum atomic E-state index is 12.6. The molecule has 0 spiro atoms. The number of benzene rings is 1. The Kier molecular flexibility index (Phi) is 7.31. The highest BCUT2D eigenvalue weighted by Gasteiger charge is 2.29. The minimum Gasteiger partial charge on any atom is -0.373 e. The van der Waals surface area contributed by atoms with Crippen molar-refractivity contribution in [3.63, 3.8) is 0 Å². The molecule has 6 heteroatoms. The van der Waals surface area contributed by atoms with E-state index < -0.39 is 0 Å². The standard InChI is InChI=1S/C22H34N4O2/c1-3-23-21(25-17-22(2)12-7-15-28-22)24-13-6-10-20(27)26-14-11-18-8-4-5-9-19(18)16-26/h4-5,8-9H,3,6-7,10-17H2,1-2H3,(H2,23,24,25). The summed E-state index contributed by atoms with van der Waals surface area (Å²) in [4.78, 5) is 19.2.